The van der Waals surface area contributed by atoms with E-state index >= 15 is 0 Å². The Balaban J connectivity index is 1.89. The van der Waals surface area contributed by atoms with Gasteiger partial charge in [-0.2, -0.15) is 37.0 Å². The Hall–Kier alpha value is -8.24. The first-order chi connectivity index (χ1) is 46.1. The van der Waals surface area contributed by atoms with Gasteiger partial charge in [0.2, 0.25) is 58.3 Å². The summed E-state index contributed by atoms with van der Waals surface area (Å²) >= 11 is 9.98. The Morgan fingerprint density at radius 3 is 1.33 bits per heavy atom. The number of benzene rings is 3. The third kappa shape index (κ3) is 31.2. The smallest absolute Gasteiger partial charge is 0.326 e. The van der Waals surface area contributed by atoms with Crippen LogP contribution in [0.4, 0.5) is 0 Å². The van der Waals surface area contributed by atoms with Gasteiger partial charge in [0, 0.05) is 43.9 Å². The standard InChI is InChI=1S/C59H87N17O16S5/c1-31(78)47(75-49(83)38(20-23-95-2)67-46(81)27-60)55(89)73-43(28-77)53(87)68-37(10-6-21-65-58(61)62)48(82)70-42(26-34-14-18-36(80)19-15-34)51(85)71-40(24-32-8-4-3-5-9-32)52(86)74-45(30-94)57(92)96-97-76-44(29-93)54(88)72-41(25-33-12-16-35(79)17-13-33)50(84)69-39(56(90)91)11-7-22-66-59(63)64/h3-5,8-9,12-19,31,37-45,47,76-80,93-94H,6-7,10-11,20-30,60H2,1-2H3,(H,67,81)(H,68,87)(H,69,84)(H,70,82)(H,71,85)(H,72,88)(H,73,89)(H,74,86)(H,75,83)(H,90,91)(H4,61,62,65)(H4,63,64,66)/t31-,37+,38+,39+,40+,41+,42+,43+,44+,45+,47+/m1/s1. The summed E-state index contributed by atoms with van der Waals surface area (Å²) in [5.74, 6) is -10.5. The van der Waals surface area contributed by atoms with Crippen LogP contribution in [-0.4, -0.2) is 218 Å². The van der Waals surface area contributed by atoms with E-state index in [0.717, 1.165) is 6.92 Å². The fourth-order valence-electron chi connectivity index (χ4n) is 8.79. The van der Waals surface area contributed by atoms with Crippen molar-refractivity contribution in [1.82, 2.24) is 52.6 Å². The molecule has 33 nitrogen and oxygen atoms in total. The minimum atomic E-state index is -1.83. The van der Waals surface area contributed by atoms with Crippen LogP contribution in [0, 0.1) is 0 Å². The van der Waals surface area contributed by atoms with Gasteiger partial charge in [0.25, 0.3) is 0 Å². The molecule has 0 fully saturated rings. The van der Waals surface area contributed by atoms with Gasteiger partial charge in [0.05, 0.1) is 19.3 Å². The molecule has 0 aromatic heterocycles. The maximum Gasteiger partial charge on any atom is 0.326 e. The molecule has 0 aliphatic rings. The number of hydrogen-bond donors (Lipinski definition) is 22. The van der Waals surface area contributed by atoms with Crippen LogP contribution in [0.3, 0.4) is 0 Å². The molecule has 38 heteroatoms. The number of guanidine groups is 2. The zero-order chi connectivity index (χ0) is 72.1. The quantitative estimate of drug-likeness (QED) is 0.00633. The SMILES string of the molecule is CSCC[C@H](NC(=O)CN)C(=O)N[C@H](C(=O)N[C@@H](CO)C(=O)N[C@@H](CCCN=C(N)N)C(=O)N[C@@H](Cc1ccc(O)cc1)C(=O)N[C@@H](Cc1ccccc1)C(=O)N[C@@H](CS)C(=O)SSN[C@@H](CS)C(=O)N[C@@H](Cc1ccc(O)cc1)C(=O)N[C@@H](CCCN=C(N)N)C(=O)O)[C@@H](C)O. The average Bonchev–Trinajstić information content (AvgIpc) is 0.905. The number of aliphatic hydroxyl groups excluding tert-OH is 2. The van der Waals surface area contributed by atoms with Crippen LogP contribution < -0.4 is 81.2 Å². The highest BCUT2D eigenvalue weighted by Crippen LogP contribution is 2.23. The number of nitrogens with one attached hydrogen (secondary N) is 10. The number of thioether (sulfide) groups is 1. The number of carbonyl (C=O) groups is 11. The van der Waals surface area contributed by atoms with Crippen LogP contribution in [0.2, 0.25) is 0 Å². The number of carboxylic acids is 1. The number of phenolic OH excluding ortho intramolecular Hbond substituents is 2. The second-order valence-electron chi connectivity index (χ2n) is 21.6. The first-order valence-electron chi connectivity index (χ1n) is 30.1. The Morgan fingerprint density at radius 1 is 0.505 bits per heavy atom. The Bertz CT molecular complexity index is 3140. The van der Waals surface area contributed by atoms with E-state index in [2.05, 4.69) is 87.8 Å². The number of aliphatic hydroxyl groups is 2. The van der Waals surface area contributed by atoms with Crippen LogP contribution in [0.25, 0.3) is 0 Å². The number of amides is 9. The lowest BCUT2D eigenvalue weighted by Gasteiger charge is -2.28. The first kappa shape index (κ1) is 83.0. The summed E-state index contributed by atoms with van der Waals surface area (Å²) < 4.78 is 2.80. The lowest BCUT2D eigenvalue weighted by Crippen LogP contribution is -2.62. The monoisotopic (exact) mass is 1450 g/mol. The summed E-state index contributed by atoms with van der Waals surface area (Å²) in [6.45, 7) is -0.349. The summed E-state index contributed by atoms with van der Waals surface area (Å²) in [7, 11) is 1.23. The van der Waals surface area contributed by atoms with E-state index in [0.29, 0.717) is 44.2 Å². The molecule has 97 heavy (non-hydrogen) atoms. The zero-order valence-electron chi connectivity index (χ0n) is 53.1. The minimum Gasteiger partial charge on any atom is -0.508 e. The van der Waals surface area contributed by atoms with Crippen LogP contribution in [0.1, 0.15) is 55.7 Å². The van der Waals surface area contributed by atoms with E-state index in [1.165, 1.54) is 60.3 Å². The number of nitrogens with zero attached hydrogens (tertiary/aromatic N) is 2. The summed E-state index contributed by atoms with van der Waals surface area (Å²) in [6, 6.07) is 4.95. The Kier molecular flexibility index (Phi) is 38.1. The maximum absolute atomic E-state index is 14.7. The molecule has 0 aliphatic carbocycles. The van der Waals surface area contributed by atoms with Gasteiger partial charge in [-0.15, -0.1) is 0 Å². The van der Waals surface area contributed by atoms with Gasteiger partial charge >= 0.3 is 5.97 Å². The fourth-order valence-corrected chi connectivity index (χ4v) is 11.8. The van der Waals surface area contributed by atoms with Gasteiger partial charge < -0.3 is 102 Å². The molecule has 0 unspecified atom stereocenters. The molecule has 9 amide bonds. The third-order valence-electron chi connectivity index (χ3n) is 14.0. The fraction of sp³-hybridized carbons (Fsp3) is 0.475. The number of aliphatic imine (C=N–C) groups is 2. The Morgan fingerprint density at radius 2 is 0.897 bits per heavy atom. The molecule has 0 bridgehead atoms. The molecule has 11 atom stereocenters. The highest BCUT2D eigenvalue weighted by Gasteiger charge is 2.36. The van der Waals surface area contributed by atoms with Gasteiger partial charge in [-0.05, 0) is 114 Å². The summed E-state index contributed by atoms with van der Waals surface area (Å²) in [4.78, 5) is 158. The topological polar surface area (TPSA) is 564 Å². The van der Waals surface area contributed by atoms with Crippen molar-refractivity contribution in [3.8, 4) is 11.5 Å². The molecule has 534 valence electrons. The number of rotatable bonds is 44. The second kappa shape index (κ2) is 44.6. The molecule has 3 aromatic carbocycles. The zero-order valence-corrected chi connectivity index (χ0v) is 57.3. The average molecular weight is 1450 g/mol. The molecule has 0 aliphatic heterocycles. The van der Waals surface area contributed by atoms with Crippen molar-refractivity contribution in [2.45, 2.75) is 125 Å². The first-order valence-corrected chi connectivity index (χ1v) is 34.9. The molecular formula is C59H87N17O16S5. The van der Waals surface area contributed by atoms with E-state index in [4.69, 9.17) is 28.7 Å². The van der Waals surface area contributed by atoms with Crippen molar-refractivity contribution in [1.29, 1.82) is 0 Å². The normalized spacial score (nSPS) is 14.4. The van der Waals surface area contributed by atoms with Crippen molar-refractivity contribution < 1.29 is 78.3 Å². The molecule has 0 heterocycles. The van der Waals surface area contributed by atoms with Crippen LogP contribution >= 0.6 is 58.8 Å². The summed E-state index contributed by atoms with van der Waals surface area (Å²) in [5.41, 5.74) is 28.6. The van der Waals surface area contributed by atoms with Crippen molar-refractivity contribution >= 4 is 135 Å². The summed E-state index contributed by atoms with van der Waals surface area (Å²) in [6.07, 6.45) is -0.461. The lowest BCUT2D eigenvalue weighted by molar-refractivity contribution is -0.142. The number of nitrogens with two attached hydrogens (primary N) is 5. The molecule has 0 saturated carbocycles. The predicted octanol–water partition coefficient (Wildman–Crippen LogP) is -4.59. The van der Waals surface area contributed by atoms with Crippen molar-refractivity contribution in [2.75, 3.05) is 49.8 Å². The van der Waals surface area contributed by atoms with Crippen molar-refractivity contribution in [3.05, 3.63) is 95.6 Å². The molecule has 3 aromatic rings. The predicted molar refractivity (Wildman–Crippen MR) is 374 cm³/mol. The number of thiol groups is 2. The highest BCUT2D eigenvalue weighted by atomic mass is 33.1. The van der Waals surface area contributed by atoms with Crippen molar-refractivity contribution in [3.63, 3.8) is 0 Å². The maximum atomic E-state index is 14.7. The van der Waals surface area contributed by atoms with Gasteiger partial charge in [0.15, 0.2) is 11.9 Å². The second-order valence-corrected chi connectivity index (χ2v) is 25.3. The number of phenols is 2. The van der Waals surface area contributed by atoms with Gasteiger partial charge in [0.1, 0.15) is 71.9 Å². The summed E-state index contributed by atoms with van der Waals surface area (Å²) in [5, 5.41) is 72.7. The number of aromatic hydroxyl groups is 2. The van der Waals surface area contributed by atoms with E-state index in [9.17, 15) is 78.3 Å². The highest BCUT2D eigenvalue weighted by molar-refractivity contribution is 8.81. The largest absolute Gasteiger partial charge is 0.508 e. The minimum absolute atomic E-state index is 0.0191. The van der Waals surface area contributed by atoms with Crippen LogP contribution in [0.15, 0.2) is 88.8 Å². The van der Waals surface area contributed by atoms with Gasteiger partial charge in [-0.1, -0.05) is 54.6 Å². The van der Waals surface area contributed by atoms with E-state index in [1.54, 1.807) is 36.6 Å². The number of aliphatic carboxylic acids is 1. The van der Waals surface area contributed by atoms with Crippen molar-refractivity contribution in [2.24, 2.45) is 38.7 Å². The number of carbonyl (C=O) groups excluding carboxylic acids is 10. The molecular weight excluding hydrogens is 1360 g/mol. The van der Waals surface area contributed by atoms with Gasteiger partial charge in [-0.3, -0.25) is 57.9 Å². The Labute approximate surface area is 582 Å². The lowest BCUT2D eigenvalue weighted by atomic mass is 10.0. The number of carboxylic acid groups (broad SMARTS) is 1. The van der Waals surface area contributed by atoms with E-state index in [-0.39, 0.29) is 99.4 Å². The third-order valence-corrected chi connectivity index (χ3v) is 17.3. The van der Waals surface area contributed by atoms with Gasteiger partial charge in [-0.25, -0.2) is 9.52 Å². The number of hydrogen-bond acceptors (Lipinski definition) is 24. The molecule has 3 rings (SSSR count). The van der Waals surface area contributed by atoms with Crippen LogP contribution in [-0.2, 0) is 72.0 Å². The molecule has 0 radical (unpaired) electrons. The molecule has 0 saturated heterocycles. The molecule has 0 spiro atoms. The van der Waals surface area contributed by atoms with E-state index in [1.807, 2.05) is 0 Å². The van der Waals surface area contributed by atoms with Crippen LogP contribution in [0.5, 0.6) is 11.5 Å². The van der Waals surface area contributed by atoms with E-state index < -0.39 is 144 Å². The molecule has 25 N–H and O–H groups in total.